The molecule has 1 heterocycles. The SMILES string of the molecule is COc1ccc(Cl)cc1/C(O)=C1\C(=O)C(=O)N(CCOC(C)C)C1c1ccccc1OC. The van der Waals surface area contributed by atoms with Crippen molar-refractivity contribution in [2.75, 3.05) is 27.4 Å². The number of para-hydroxylation sites is 1. The predicted octanol–water partition coefficient (Wildman–Crippen LogP) is 4.20. The first-order chi connectivity index (χ1) is 15.3. The molecule has 1 amide bonds. The lowest BCUT2D eigenvalue weighted by Gasteiger charge is -2.27. The first-order valence-corrected chi connectivity index (χ1v) is 10.5. The number of methoxy groups -OCH3 is 2. The first-order valence-electron chi connectivity index (χ1n) is 10.2. The molecule has 7 nitrogen and oxygen atoms in total. The maximum atomic E-state index is 13.1. The van der Waals surface area contributed by atoms with Gasteiger partial charge in [0.1, 0.15) is 17.3 Å². The van der Waals surface area contributed by atoms with Gasteiger partial charge in [0.25, 0.3) is 11.7 Å². The monoisotopic (exact) mass is 459 g/mol. The van der Waals surface area contributed by atoms with Crippen LogP contribution in [0.15, 0.2) is 48.0 Å². The molecule has 0 radical (unpaired) electrons. The molecule has 1 fully saturated rings. The Balaban J connectivity index is 2.20. The summed E-state index contributed by atoms with van der Waals surface area (Å²) in [6, 6.07) is 10.9. The number of nitrogens with zero attached hydrogens (tertiary/aromatic N) is 1. The summed E-state index contributed by atoms with van der Waals surface area (Å²) in [5.41, 5.74) is 0.724. The molecule has 1 aliphatic heterocycles. The van der Waals surface area contributed by atoms with E-state index in [1.54, 1.807) is 36.4 Å². The summed E-state index contributed by atoms with van der Waals surface area (Å²) < 4.78 is 16.4. The van der Waals surface area contributed by atoms with Gasteiger partial charge in [-0.25, -0.2) is 0 Å². The summed E-state index contributed by atoms with van der Waals surface area (Å²) in [7, 11) is 2.95. The van der Waals surface area contributed by atoms with Crippen molar-refractivity contribution in [3.63, 3.8) is 0 Å². The van der Waals surface area contributed by atoms with Crippen molar-refractivity contribution in [1.82, 2.24) is 4.90 Å². The number of amides is 1. The van der Waals surface area contributed by atoms with Gasteiger partial charge in [0.2, 0.25) is 0 Å². The van der Waals surface area contributed by atoms with Crippen molar-refractivity contribution in [2.45, 2.75) is 26.0 Å². The second-order valence-electron chi connectivity index (χ2n) is 7.50. The Morgan fingerprint density at radius 1 is 1.09 bits per heavy atom. The van der Waals surface area contributed by atoms with Gasteiger partial charge in [-0.05, 0) is 38.1 Å². The molecule has 0 saturated carbocycles. The normalized spacial score (nSPS) is 17.8. The highest BCUT2D eigenvalue weighted by molar-refractivity contribution is 6.46. The van der Waals surface area contributed by atoms with Crippen LogP contribution in [-0.4, -0.2) is 55.2 Å². The van der Waals surface area contributed by atoms with Gasteiger partial charge >= 0.3 is 0 Å². The predicted molar refractivity (Wildman–Crippen MR) is 121 cm³/mol. The minimum atomic E-state index is -0.870. The van der Waals surface area contributed by atoms with Gasteiger partial charge in [-0.2, -0.15) is 0 Å². The molecule has 1 saturated heterocycles. The molecule has 0 spiro atoms. The van der Waals surface area contributed by atoms with Crippen LogP contribution in [0, 0.1) is 0 Å². The third-order valence-corrected chi connectivity index (χ3v) is 5.41. The van der Waals surface area contributed by atoms with Crippen LogP contribution in [0.3, 0.4) is 0 Å². The third kappa shape index (κ3) is 4.59. The van der Waals surface area contributed by atoms with Crippen molar-refractivity contribution in [3.05, 3.63) is 64.2 Å². The number of hydrogen-bond donors (Lipinski definition) is 1. The van der Waals surface area contributed by atoms with Gasteiger partial charge in [0.05, 0.1) is 44.1 Å². The summed E-state index contributed by atoms with van der Waals surface area (Å²) >= 11 is 6.13. The maximum Gasteiger partial charge on any atom is 0.295 e. The molecule has 170 valence electrons. The van der Waals surface area contributed by atoms with Crippen LogP contribution in [-0.2, 0) is 14.3 Å². The second kappa shape index (κ2) is 10.1. The molecule has 1 unspecified atom stereocenters. The third-order valence-electron chi connectivity index (χ3n) is 5.17. The highest BCUT2D eigenvalue weighted by Crippen LogP contribution is 2.43. The fourth-order valence-corrected chi connectivity index (χ4v) is 3.90. The second-order valence-corrected chi connectivity index (χ2v) is 7.94. The Morgan fingerprint density at radius 3 is 2.44 bits per heavy atom. The molecular weight excluding hydrogens is 434 g/mol. The van der Waals surface area contributed by atoms with Crippen molar-refractivity contribution < 1.29 is 28.9 Å². The number of ketones is 1. The lowest BCUT2D eigenvalue weighted by atomic mass is 9.94. The van der Waals surface area contributed by atoms with E-state index in [-0.39, 0.29) is 36.2 Å². The van der Waals surface area contributed by atoms with E-state index in [0.29, 0.717) is 22.1 Å². The number of aliphatic hydroxyl groups excluding tert-OH is 1. The Kier molecular flexibility index (Phi) is 7.43. The molecule has 8 heteroatoms. The van der Waals surface area contributed by atoms with Crippen LogP contribution in [0.4, 0.5) is 0 Å². The summed E-state index contributed by atoms with van der Waals surface area (Å²) in [5, 5.41) is 11.6. The standard InChI is InChI=1S/C24H26ClNO6/c1-14(2)32-12-11-26-21(16-7-5-6-8-18(16)30-3)20(23(28)24(26)29)22(27)17-13-15(25)9-10-19(17)31-4/h5-10,13-14,21,27H,11-12H2,1-4H3/b22-20+. The maximum absolute atomic E-state index is 13.1. The number of Topliss-reactive ketones (excluding diaryl/α,β-unsaturated/α-hetero) is 1. The van der Waals surface area contributed by atoms with Crippen molar-refractivity contribution in [2.24, 2.45) is 0 Å². The molecule has 1 atom stereocenters. The molecular formula is C24H26ClNO6. The van der Waals surface area contributed by atoms with Crippen molar-refractivity contribution >= 4 is 29.1 Å². The molecule has 3 rings (SSSR count). The van der Waals surface area contributed by atoms with Gasteiger partial charge in [0.15, 0.2) is 0 Å². The summed E-state index contributed by atoms with van der Waals surface area (Å²) in [6.45, 7) is 4.17. The Morgan fingerprint density at radius 2 is 1.78 bits per heavy atom. The fourth-order valence-electron chi connectivity index (χ4n) is 3.72. The van der Waals surface area contributed by atoms with E-state index in [2.05, 4.69) is 0 Å². The van der Waals surface area contributed by atoms with Crippen LogP contribution in [0.5, 0.6) is 11.5 Å². The molecule has 1 aliphatic rings. The van der Waals surface area contributed by atoms with E-state index >= 15 is 0 Å². The van der Waals surface area contributed by atoms with E-state index in [0.717, 1.165) is 0 Å². The zero-order valence-electron chi connectivity index (χ0n) is 18.4. The molecule has 0 aromatic heterocycles. The molecule has 0 bridgehead atoms. The zero-order chi connectivity index (χ0) is 23.4. The number of aliphatic hydroxyl groups is 1. The minimum Gasteiger partial charge on any atom is -0.507 e. The first kappa shape index (κ1) is 23.6. The lowest BCUT2D eigenvalue weighted by Crippen LogP contribution is -2.33. The van der Waals surface area contributed by atoms with Gasteiger partial charge in [-0.3, -0.25) is 9.59 Å². The summed E-state index contributed by atoms with van der Waals surface area (Å²) in [4.78, 5) is 27.5. The number of ether oxygens (including phenoxy) is 3. The lowest BCUT2D eigenvalue weighted by molar-refractivity contribution is -0.140. The van der Waals surface area contributed by atoms with Gasteiger partial charge in [-0.15, -0.1) is 0 Å². The highest BCUT2D eigenvalue weighted by Gasteiger charge is 2.47. The Labute approximate surface area is 192 Å². The number of hydrogen-bond acceptors (Lipinski definition) is 6. The van der Waals surface area contributed by atoms with E-state index < -0.39 is 17.7 Å². The fraction of sp³-hybridized carbons (Fsp3) is 0.333. The number of rotatable bonds is 8. The molecule has 2 aromatic rings. The molecule has 32 heavy (non-hydrogen) atoms. The van der Waals surface area contributed by atoms with Crippen molar-refractivity contribution in [3.8, 4) is 11.5 Å². The van der Waals surface area contributed by atoms with Gasteiger partial charge in [-0.1, -0.05) is 29.8 Å². The largest absolute Gasteiger partial charge is 0.507 e. The molecule has 0 aliphatic carbocycles. The van der Waals surface area contributed by atoms with Crippen LogP contribution in [0.25, 0.3) is 5.76 Å². The minimum absolute atomic E-state index is 0.0349. The Hall–Kier alpha value is -3.03. The van der Waals surface area contributed by atoms with E-state index in [1.807, 2.05) is 13.8 Å². The number of carbonyl (C=O) groups is 2. The Bertz CT molecular complexity index is 1050. The number of benzene rings is 2. The highest BCUT2D eigenvalue weighted by atomic mass is 35.5. The topological polar surface area (TPSA) is 85.3 Å². The quantitative estimate of drug-likeness (QED) is 0.361. The number of halogens is 1. The summed E-state index contributed by atoms with van der Waals surface area (Å²) in [6.07, 6.45) is -0.0349. The molecule has 2 aromatic carbocycles. The van der Waals surface area contributed by atoms with E-state index in [9.17, 15) is 14.7 Å². The average Bonchev–Trinajstić information content (AvgIpc) is 3.03. The average molecular weight is 460 g/mol. The van der Waals surface area contributed by atoms with Crippen LogP contribution in [0.1, 0.15) is 31.0 Å². The van der Waals surface area contributed by atoms with E-state index in [1.165, 1.54) is 25.2 Å². The van der Waals surface area contributed by atoms with E-state index in [4.69, 9.17) is 25.8 Å². The van der Waals surface area contributed by atoms with Gasteiger partial charge in [0, 0.05) is 17.1 Å². The van der Waals surface area contributed by atoms with Gasteiger partial charge < -0.3 is 24.2 Å². The number of carbonyl (C=O) groups excluding carboxylic acids is 2. The van der Waals surface area contributed by atoms with Crippen molar-refractivity contribution in [1.29, 1.82) is 0 Å². The van der Waals surface area contributed by atoms with Crippen LogP contribution >= 0.6 is 11.6 Å². The smallest absolute Gasteiger partial charge is 0.295 e. The molecule has 1 N–H and O–H groups in total. The van der Waals surface area contributed by atoms with Crippen LogP contribution in [0.2, 0.25) is 5.02 Å². The zero-order valence-corrected chi connectivity index (χ0v) is 19.2. The summed E-state index contributed by atoms with van der Waals surface area (Å²) in [5.74, 6) is -1.09. The van der Waals surface area contributed by atoms with Crippen LogP contribution < -0.4 is 9.47 Å². The number of likely N-dealkylation sites (tertiary alicyclic amines) is 1.